The van der Waals surface area contributed by atoms with E-state index in [1.165, 1.54) is 0 Å². The summed E-state index contributed by atoms with van der Waals surface area (Å²) in [6.07, 6.45) is -4.94. The van der Waals surface area contributed by atoms with Crippen molar-refractivity contribution in [3.8, 4) is 11.5 Å². The van der Waals surface area contributed by atoms with Crippen LogP contribution in [0, 0.1) is 5.41 Å². The number of carbonyl (C=O) groups is 2. The molecule has 290 valence electrons. The number of benzene rings is 3. The minimum Gasteiger partial charge on any atom is -0.857 e. The molecule has 9 rings (SSSR count). The molecule has 1 saturated carbocycles. The van der Waals surface area contributed by atoms with Gasteiger partial charge in [0.05, 0.1) is 17.8 Å². The fraction of sp³-hybridized carbons (Fsp3) is 0.400. The van der Waals surface area contributed by atoms with E-state index in [2.05, 4.69) is 15.0 Å². The first kappa shape index (κ1) is 36.4. The first-order valence-corrected chi connectivity index (χ1v) is 18.7. The molecule has 56 heavy (non-hydrogen) atoms. The Morgan fingerprint density at radius 1 is 0.929 bits per heavy atom. The predicted molar refractivity (Wildman–Crippen MR) is 195 cm³/mol. The Hall–Kier alpha value is -5.20. The predicted octanol–water partition coefficient (Wildman–Crippen LogP) is -0.0813. The fourth-order valence-corrected chi connectivity index (χ4v) is 9.04. The zero-order valence-corrected chi connectivity index (χ0v) is 30.0. The van der Waals surface area contributed by atoms with Crippen molar-refractivity contribution < 1.29 is 59.0 Å². The van der Waals surface area contributed by atoms with Gasteiger partial charge in [-0.2, -0.15) is 4.99 Å². The van der Waals surface area contributed by atoms with Crippen molar-refractivity contribution >= 4 is 40.7 Å². The quantitative estimate of drug-likeness (QED) is 0.157. The fourth-order valence-electron chi connectivity index (χ4n) is 9.04. The first-order chi connectivity index (χ1) is 27.1. The lowest BCUT2D eigenvalue weighted by molar-refractivity contribution is -0.723. The highest BCUT2D eigenvalue weighted by Gasteiger charge is 2.56. The Bertz CT molecular complexity index is 2250. The Balaban J connectivity index is 1.28. The molecular weight excluding hydrogens is 726 g/mol. The van der Waals surface area contributed by atoms with Crippen molar-refractivity contribution in [1.29, 1.82) is 5.41 Å². The minimum atomic E-state index is -1.77. The smallest absolute Gasteiger partial charge is 0.262 e. The van der Waals surface area contributed by atoms with Crippen molar-refractivity contribution in [2.24, 2.45) is 15.0 Å². The Labute approximate surface area is 319 Å². The Morgan fingerprint density at radius 2 is 1.66 bits per heavy atom. The molecule has 16 nitrogen and oxygen atoms in total. The van der Waals surface area contributed by atoms with Gasteiger partial charge in [-0.25, -0.2) is 14.9 Å². The highest BCUT2D eigenvalue weighted by Crippen LogP contribution is 2.50. The number of quaternary nitrogens is 1. The van der Waals surface area contributed by atoms with Gasteiger partial charge < -0.3 is 44.5 Å². The number of aliphatic imine (C=N–C) groups is 3. The highest BCUT2D eigenvalue weighted by molar-refractivity contribution is 6.66. The molecule has 1 saturated heterocycles. The number of rotatable bonds is 5. The van der Waals surface area contributed by atoms with Gasteiger partial charge in [-0.1, -0.05) is 55.3 Å². The number of aliphatic hydroxyl groups is 4. The number of amidine groups is 1. The number of ether oxygens (including phenoxy) is 4. The summed E-state index contributed by atoms with van der Waals surface area (Å²) < 4.78 is 25.9. The van der Waals surface area contributed by atoms with Gasteiger partial charge in [0.1, 0.15) is 36.7 Å². The number of ketones is 2. The molecular formula is C40H39N5O11. The number of hydrogen-bond donors (Lipinski definition) is 6. The summed E-state index contributed by atoms with van der Waals surface area (Å²) >= 11 is 0. The molecule has 1 unspecified atom stereocenters. The molecule has 6 N–H and O–H groups in total. The normalized spacial score (nSPS) is 29.2. The van der Waals surface area contributed by atoms with E-state index in [1.54, 1.807) is 30.3 Å². The largest absolute Gasteiger partial charge is 0.857 e. The molecule has 2 bridgehead atoms. The van der Waals surface area contributed by atoms with Crippen molar-refractivity contribution in [3.63, 3.8) is 0 Å². The average molecular weight is 766 g/mol. The lowest BCUT2D eigenvalue weighted by Gasteiger charge is -2.47. The Kier molecular flexibility index (Phi) is 9.16. The summed E-state index contributed by atoms with van der Waals surface area (Å²) in [7, 11) is 0. The molecule has 4 aliphatic heterocycles. The summed E-state index contributed by atoms with van der Waals surface area (Å²) in [5.41, 5.74) is 0.929. The molecule has 1 spiro atoms. The minimum absolute atomic E-state index is 0.0319. The van der Waals surface area contributed by atoms with Gasteiger partial charge in [0.15, 0.2) is 35.4 Å². The lowest BCUT2D eigenvalue weighted by atomic mass is 9.79. The number of hydrogen-bond acceptors (Lipinski definition) is 13. The standard InChI is InChI=1S/C40H39N5O11/c41-39-43-36-27(37(52)44-39)42-18-45(36)25-10-4-3-7-20(25)19-11-15-54-40(12-5-6-13-40)35-31(50)30(49)32(51)38(56-35)55-33-23(19)17-24-26(34(33)53-16-14-46)29(48)22-9-2-1-8-21(22)28(24)47/h1-4,7-10,17,19,30-32,35,38,46,49-51H,5-6,11-16,18H2,(H2,41,44,52)/t19-,30+,31+,32-,35-,38-/m0/s1. The van der Waals surface area contributed by atoms with Gasteiger partial charge in [0.25, 0.3) is 5.84 Å². The molecule has 2 aliphatic carbocycles. The number of aliphatic hydroxyl groups excluding tert-OH is 4. The highest BCUT2D eigenvalue weighted by atomic mass is 16.7. The molecule has 6 aliphatic rings. The van der Waals surface area contributed by atoms with Crippen LogP contribution in [-0.2, 0) is 9.47 Å². The number of para-hydroxylation sites is 1. The number of guanidine groups is 1. The van der Waals surface area contributed by atoms with Gasteiger partial charge in [-0.05, 0) is 31.4 Å². The summed E-state index contributed by atoms with van der Waals surface area (Å²) in [5.74, 6) is -2.79. The zero-order chi connectivity index (χ0) is 38.9. The van der Waals surface area contributed by atoms with Gasteiger partial charge in [0.2, 0.25) is 12.2 Å². The van der Waals surface area contributed by atoms with Crippen LogP contribution in [0.2, 0.25) is 0 Å². The SMILES string of the molecule is N=C1N=C([O-])C2=NC[NH+](c3ccccc3[C@@H]3CCOC4(CCCC4)[C@H]4O[C@H](Oc5c3cc3c(c5OCCO)C(=O)c5ccccc5C3=O)[C@@H](O)[C@H](O)[C@H]4O)C2=N1. The molecule has 0 amide bonds. The molecule has 0 radical (unpaired) electrons. The number of carbonyl (C=O) groups excluding carboxylic acids is 2. The second-order valence-corrected chi connectivity index (χ2v) is 14.7. The average Bonchev–Trinajstić information content (AvgIpc) is 3.86. The van der Waals surface area contributed by atoms with E-state index in [9.17, 15) is 35.1 Å². The van der Waals surface area contributed by atoms with E-state index in [4.69, 9.17) is 24.4 Å². The lowest BCUT2D eigenvalue weighted by Crippen LogP contribution is -3.09. The van der Waals surface area contributed by atoms with Gasteiger partial charge in [-0.3, -0.25) is 15.0 Å². The van der Waals surface area contributed by atoms with Crippen LogP contribution in [0.3, 0.4) is 0 Å². The maximum absolute atomic E-state index is 14.4. The second-order valence-electron chi connectivity index (χ2n) is 14.7. The van der Waals surface area contributed by atoms with Crippen molar-refractivity contribution in [3.05, 3.63) is 88.0 Å². The molecule has 3 aromatic rings. The van der Waals surface area contributed by atoms with Gasteiger partial charge in [0, 0.05) is 46.2 Å². The molecule has 3 aromatic carbocycles. The van der Waals surface area contributed by atoms with E-state index >= 15 is 0 Å². The molecule has 4 heterocycles. The van der Waals surface area contributed by atoms with Crippen LogP contribution >= 0.6 is 0 Å². The zero-order valence-electron chi connectivity index (χ0n) is 30.0. The third-order valence-electron chi connectivity index (χ3n) is 11.6. The summed E-state index contributed by atoms with van der Waals surface area (Å²) in [4.78, 5) is 41.7. The molecule has 16 heteroatoms. The Morgan fingerprint density at radius 3 is 2.43 bits per heavy atom. The van der Waals surface area contributed by atoms with Gasteiger partial charge in [-0.15, -0.1) is 0 Å². The summed E-state index contributed by atoms with van der Waals surface area (Å²) in [6, 6.07) is 15.4. The van der Waals surface area contributed by atoms with E-state index in [1.807, 2.05) is 24.3 Å². The van der Waals surface area contributed by atoms with Crippen LogP contribution in [0.15, 0.2) is 69.6 Å². The summed E-state index contributed by atoms with van der Waals surface area (Å²) in [6.45, 7) is -0.594. The van der Waals surface area contributed by atoms with Crippen molar-refractivity contribution in [2.75, 3.05) is 26.5 Å². The van der Waals surface area contributed by atoms with Crippen LogP contribution in [0.1, 0.15) is 81.0 Å². The summed E-state index contributed by atoms with van der Waals surface area (Å²) in [5, 5.41) is 64.9. The number of nitrogens with one attached hydrogen (secondary N) is 2. The second kappa shape index (κ2) is 14.1. The van der Waals surface area contributed by atoms with Crippen molar-refractivity contribution in [1.82, 2.24) is 0 Å². The number of fused-ring (bicyclic) bond motifs is 7. The number of nitrogens with zero attached hydrogens (tertiary/aromatic N) is 3. The van der Waals surface area contributed by atoms with Gasteiger partial charge >= 0.3 is 0 Å². The first-order valence-electron chi connectivity index (χ1n) is 18.7. The third kappa shape index (κ3) is 5.71. The van der Waals surface area contributed by atoms with Crippen LogP contribution in [0.4, 0.5) is 5.69 Å². The molecule has 2 fully saturated rings. The van der Waals surface area contributed by atoms with Crippen LogP contribution in [0.5, 0.6) is 11.5 Å². The monoisotopic (exact) mass is 765 g/mol. The maximum Gasteiger partial charge on any atom is 0.262 e. The molecule has 7 atom stereocenters. The van der Waals surface area contributed by atoms with Crippen LogP contribution in [0.25, 0.3) is 0 Å². The van der Waals surface area contributed by atoms with Crippen LogP contribution < -0.4 is 19.5 Å². The van der Waals surface area contributed by atoms with Crippen LogP contribution in [-0.4, -0.2) is 118 Å². The van der Waals surface area contributed by atoms with E-state index < -0.39 is 72.3 Å². The van der Waals surface area contributed by atoms with E-state index in [0.717, 1.165) is 12.8 Å². The van der Waals surface area contributed by atoms with Crippen molar-refractivity contribution in [2.45, 2.75) is 74.3 Å². The van der Waals surface area contributed by atoms with E-state index in [-0.39, 0.29) is 71.6 Å². The molecule has 0 aromatic heterocycles. The topological polar surface area (TPSA) is 240 Å². The third-order valence-corrected chi connectivity index (χ3v) is 11.6. The maximum atomic E-state index is 14.4. The van der Waals surface area contributed by atoms with E-state index in [0.29, 0.717) is 34.6 Å².